The number of carbonyl (C=O) groups excluding carboxylic acids is 1. The predicted octanol–water partition coefficient (Wildman–Crippen LogP) is 1.83. The van der Waals surface area contributed by atoms with E-state index in [2.05, 4.69) is 0 Å². The Kier molecular flexibility index (Phi) is 7.88. The second kappa shape index (κ2) is 9.15. The minimum Gasteiger partial charge on any atom is -0.480 e. The summed E-state index contributed by atoms with van der Waals surface area (Å²) < 4.78 is 0. The SMILES string of the molecule is CCCC1SCC(C(=O)O)N1C(=O)N(C)CCCCCO. The van der Waals surface area contributed by atoms with Crippen molar-refractivity contribution in [1.29, 1.82) is 0 Å². The van der Waals surface area contributed by atoms with Gasteiger partial charge in [0, 0.05) is 26.0 Å². The molecule has 0 bridgehead atoms. The first-order chi connectivity index (χ1) is 10.0. The van der Waals surface area contributed by atoms with Crippen molar-refractivity contribution in [2.24, 2.45) is 0 Å². The Balaban J connectivity index is 2.63. The van der Waals surface area contributed by atoms with Gasteiger partial charge in [-0.1, -0.05) is 13.3 Å². The Morgan fingerprint density at radius 3 is 2.62 bits per heavy atom. The highest BCUT2D eigenvalue weighted by Crippen LogP contribution is 2.33. The molecule has 0 aromatic carbocycles. The summed E-state index contributed by atoms with van der Waals surface area (Å²) in [4.78, 5) is 27.0. The summed E-state index contributed by atoms with van der Waals surface area (Å²) in [6.07, 6.45) is 4.16. The number of hydrogen-bond acceptors (Lipinski definition) is 4. The van der Waals surface area contributed by atoms with Crippen molar-refractivity contribution in [3.63, 3.8) is 0 Å². The van der Waals surface area contributed by atoms with Crippen molar-refractivity contribution in [2.45, 2.75) is 50.4 Å². The Morgan fingerprint density at radius 2 is 2.05 bits per heavy atom. The first kappa shape index (κ1) is 18.1. The number of aliphatic hydroxyl groups excluding tert-OH is 1. The molecule has 0 spiro atoms. The number of carboxylic acids is 1. The van der Waals surface area contributed by atoms with Gasteiger partial charge in [0.2, 0.25) is 0 Å². The van der Waals surface area contributed by atoms with Crippen LogP contribution in [0.5, 0.6) is 0 Å². The molecular formula is C14H26N2O4S. The van der Waals surface area contributed by atoms with Crippen molar-refractivity contribution in [2.75, 3.05) is 26.0 Å². The number of nitrogens with zero attached hydrogens (tertiary/aromatic N) is 2. The second-order valence-electron chi connectivity index (χ2n) is 5.33. The van der Waals surface area contributed by atoms with E-state index in [1.165, 1.54) is 4.90 Å². The minimum atomic E-state index is -0.928. The van der Waals surface area contributed by atoms with Crippen LogP contribution in [0.3, 0.4) is 0 Å². The molecule has 1 aliphatic rings. The van der Waals surface area contributed by atoms with Gasteiger partial charge in [-0.15, -0.1) is 11.8 Å². The number of urea groups is 1. The number of carboxylic acid groups (broad SMARTS) is 1. The summed E-state index contributed by atoms with van der Waals surface area (Å²) in [5.74, 6) is -0.465. The van der Waals surface area contributed by atoms with Gasteiger partial charge in [0.1, 0.15) is 6.04 Å². The molecule has 2 atom stereocenters. The van der Waals surface area contributed by atoms with Gasteiger partial charge in [-0.25, -0.2) is 9.59 Å². The van der Waals surface area contributed by atoms with E-state index >= 15 is 0 Å². The molecule has 2 amide bonds. The van der Waals surface area contributed by atoms with Gasteiger partial charge in [-0.3, -0.25) is 4.90 Å². The van der Waals surface area contributed by atoms with Crippen LogP contribution in [0.1, 0.15) is 39.0 Å². The topological polar surface area (TPSA) is 81.1 Å². The monoisotopic (exact) mass is 318 g/mol. The number of aliphatic carboxylic acids is 1. The van der Waals surface area contributed by atoms with Crippen molar-refractivity contribution in [1.82, 2.24) is 9.80 Å². The molecule has 6 nitrogen and oxygen atoms in total. The molecule has 0 radical (unpaired) electrons. The number of carbonyl (C=O) groups is 2. The Labute approximate surface area is 130 Å². The van der Waals surface area contributed by atoms with Crippen LogP contribution in [0, 0.1) is 0 Å². The number of unbranched alkanes of at least 4 members (excludes halogenated alkanes) is 2. The number of thioether (sulfide) groups is 1. The van der Waals surface area contributed by atoms with E-state index in [1.54, 1.807) is 23.7 Å². The fraction of sp³-hybridized carbons (Fsp3) is 0.857. The minimum absolute atomic E-state index is 0.0384. The summed E-state index contributed by atoms with van der Waals surface area (Å²) in [7, 11) is 1.71. The highest BCUT2D eigenvalue weighted by molar-refractivity contribution is 8.00. The molecule has 0 aromatic rings. The molecule has 1 heterocycles. The maximum atomic E-state index is 12.5. The van der Waals surface area contributed by atoms with Crippen molar-refractivity contribution in [3.8, 4) is 0 Å². The van der Waals surface area contributed by atoms with E-state index in [-0.39, 0.29) is 18.0 Å². The molecule has 7 heteroatoms. The summed E-state index contributed by atoms with van der Waals surface area (Å²) in [6, 6.07) is -0.922. The van der Waals surface area contributed by atoms with Crippen LogP contribution in [-0.4, -0.2) is 69.4 Å². The summed E-state index contributed by atoms with van der Waals surface area (Å²) in [5, 5.41) is 18.0. The normalized spacial score (nSPS) is 21.6. The molecule has 1 fully saturated rings. The lowest BCUT2D eigenvalue weighted by molar-refractivity contribution is -0.141. The largest absolute Gasteiger partial charge is 0.480 e. The molecular weight excluding hydrogens is 292 g/mol. The molecule has 1 rings (SSSR count). The van der Waals surface area contributed by atoms with E-state index in [4.69, 9.17) is 5.11 Å². The van der Waals surface area contributed by atoms with Gasteiger partial charge in [0.05, 0.1) is 5.37 Å². The van der Waals surface area contributed by atoms with Crippen molar-refractivity contribution >= 4 is 23.8 Å². The molecule has 1 saturated heterocycles. The van der Waals surface area contributed by atoms with E-state index in [0.29, 0.717) is 12.3 Å². The molecule has 21 heavy (non-hydrogen) atoms. The Hall–Kier alpha value is -0.950. The van der Waals surface area contributed by atoms with E-state index in [0.717, 1.165) is 32.1 Å². The highest BCUT2D eigenvalue weighted by atomic mass is 32.2. The average Bonchev–Trinajstić information content (AvgIpc) is 2.87. The Morgan fingerprint density at radius 1 is 1.33 bits per heavy atom. The smallest absolute Gasteiger partial charge is 0.327 e. The third-order valence-corrected chi connectivity index (χ3v) is 4.97. The van der Waals surface area contributed by atoms with Crippen LogP contribution in [0.2, 0.25) is 0 Å². The van der Waals surface area contributed by atoms with Gasteiger partial charge in [0.25, 0.3) is 0 Å². The maximum Gasteiger partial charge on any atom is 0.327 e. The molecule has 0 aromatic heterocycles. The molecule has 1 aliphatic heterocycles. The van der Waals surface area contributed by atoms with Gasteiger partial charge >= 0.3 is 12.0 Å². The second-order valence-corrected chi connectivity index (χ2v) is 6.54. The number of hydrogen-bond donors (Lipinski definition) is 2. The van der Waals surface area contributed by atoms with Crippen LogP contribution < -0.4 is 0 Å². The average molecular weight is 318 g/mol. The van der Waals surface area contributed by atoms with Crippen LogP contribution in [0.4, 0.5) is 4.79 Å². The highest BCUT2D eigenvalue weighted by Gasteiger charge is 2.42. The fourth-order valence-electron chi connectivity index (χ4n) is 2.41. The van der Waals surface area contributed by atoms with Crippen LogP contribution in [0.25, 0.3) is 0 Å². The Bertz CT molecular complexity index is 354. The third-order valence-electron chi connectivity index (χ3n) is 3.61. The summed E-state index contributed by atoms with van der Waals surface area (Å²) in [5.41, 5.74) is 0. The first-order valence-electron chi connectivity index (χ1n) is 7.51. The van der Waals surface area contributed by atoms with Crippen LogP contribution >= 0.6 is 11.8 Å². The lowest BCUT2D eigenvalue weighted by Crippen LogP contribution is -2.50. The number of aliphatic hydroxyl groups is 1. The summed E-state index contributed by atoms with van der Waals surface area (Å²) >= 11 is 1.55. The molecule has 0 aliphatic carbocycles. The maximum absolute atomic E-state index is 12.5. The zero-order valence-corrected chi connectivity index (χ0v) is 13.6. The molecule has 0 saturated carbocycles. The van der Waals surface area contributed by atoms with Gasteiger partial charge < -0.3 is 15.1 Å². The van der Waals surface area contributed by atoms with Crippen molar-refractivity contribution < 1.29 is 19.8 Å². The molecule has 2 unspecified atom stereocenters. The van der Waals surface area contributed by atoms with E-state index in [9.17, 15) is 14.7 Å². The van der Waals surface area contributed by atoms with E-state index < -0.39 is 12.0 Å². The lowest BCUT2D eigenvalue weighted by atomic mass is 10.2. The van der Waals surface area contributed by atoms with Crippen LogP contribution in [-0.2, 0) is 4.79 Å². The van der Waals surface area contributed by atoms with E-state index in [1.807, 2.05) is 6.92 Å². The zero-order valence-electron chi connectivity index (χ0n) is 12.8. The quantitative estimate of drug-likeness (QED) is 0.667. The summed E-state index contributed by atoms with van der Waals surface area (Å²) in [6.45, 7) is 2.79. The molecule has 122 valence electrons. The standard InChI is InChI=1S/C14H26N2O4S/c1-3-7-12-16(11(10-21-12)13(18)19)14(20)15(2)8-5-4-6-9-17/h11-12,17H,3-10H2,1-2H3,(H,18,19). The number of amides is 2. The van der Waals surface area contributed by atoms with Crippen LogP contribution in [0.15, 0.2) is 0 Å². The lowest BCUT2D eigenvalue weighted by Gasteiger charge is -2.31. The predicted molar refractivity (Wildman–Crippen MR) is 83.4 cm³/mol. The number of rotatable bonds is 8. The third kappa shape index (κ3) is 5.07. The fourth-order valence-corrected chi connectivity index (χ4v) is 3.92. The van der Waals surface area contributed by atoms with Gasteiger partial charge in [0.15, 0.2) is 0 Å². The van der Waals surface area contributed by atoms with Gasteiger partial charge in [-0.2, -0.15) is 0 Å². The van der Waals surface area contributed by atoms with Crippen molar-refractivity contribution in [3.05, 3.63) is 0 Å². The van der Waals surface area contributed by atoms with Gasteiger partial charge in [-0.05, 0) is 25.7 Å². The molecule has 2 N–H and O–H groups in total. The zero-order chi connectivity index (χ0) is 15.8. The first-order valence-corrected chi connectivity index (χ1v) is 8.56.